The van der Waals surface area contributed by atoms with Gasteiger partial charge in [0, 0.05) is 38.3 Å². The van der Waals surface area contributed by atoms with Crippen molar-refractivity contribution in [2.45, 2.75) is 6.92 Å². The molecule has 0 unspecified atom stereocenters. The van der Waals surface area contributed by atoms with Crippen LogP contribution in [0.1, 0.15) is 17.3 Å². The highest BCUT2D eigenvalue weighted by Gasteiger charge is 2.25. The van der Waals surface area contributed by atoms with E-state index in [1.807, 2.05) is 6.92 Å². The fourth-order valence-corrected chi connectivity index (χ4v) is 2.36. The SMILES string of the molecule is CCNC(=O)N1CCN(C(=O)c2ccc(OC)c(F)c2)CC1. The molecule has 1 fully saturated rings. The molecule has 1 aromatic rings. The minimum absolute atomic E-state index is 0.109. The van der Waals surface area contributed by atoms with Gasteiger partial charge in [0.05, 0.1) is 7.11 Å². The van der Waals surface area contributed by atoms with Gasteiger partial charge < -0.3 is 19.9 Å². The van der Waals surface area contributed by atoms with E-state index in [4.69, 9.17) is 4.74 Å². The average molecular weight is 309 g/mol. The highest BCUT2D eigenvalue weighted by atomic mass is 19.1. The van der Waals surface area contributed by atoms with E-state index in [-0.39, 0.29) is 23.3 Å². The molecular weight excluding hydrogens is 289 g/mol. The summed E-state index contributed by atoms with van der Waals surface area (Å²) in [5.74, 6) is -0.691. The summed E-state index contributed by atoms with van der Waals surface area (Å²) in [4.78, 5) is 27.4. The van der Waals surface area contributed by atoms with Crippen molar-refractivity contribution in [3.05, 3.63) is 29.6 Å². The molecule has 3 amide bonds. The summed E-state index contributed by atoms with van der Waals surface area (Å²) in [6, 6.07) is 4.04. The van der Waals surface area contributed by atoms with Crippen LogP contribution in [0.3, 0.4) is 0 Å². The zero-order valence-corrected chi connectivity index (χ0v) is 12.8. The number of nitrogens with zero attached hydrogens (tertiary/aromatic N) is 2. The highest BCUT2D eigenvalue weighted by Crippen LogP contribution is 2.19. The Bertz CT molecular complexity index is 557. The second-order valence-corrected chi connectivity index (χ2v) is 4.96. The third kappa shape index (κ3) is 3.47. The first-order valence-corrected chi connectivity index (χ1v) is 7.22. The zero-order valence-electron chi connectivity index (χ0n) is 12.8. The predicted octanol–water partition coefficient (Wildman–Crippen LogP) is 1.32. The van der Waals surface area contributed by atoms with Crippen LogP contribution in [0.2, 0.25) is 0 Å². The first-order chi connectivity index (χ1) is 10.6. The fraction of sp³-hybridized carbons (Fsp3) is 0.467. The molecule has 0 atom stereocenters. The lowest BCUT2D eigenvalue weighted by molar-refractivity contribution is 0.0665. The normalized spacial score (nSPS) is 14.7. The minimum atomic E-state index is -0.561. The van der Waals surface area contributed by atoms with E-state index >= 15 is 0 Å². The number of carbonyl (C=O) groups is 2. The van der Waals surface area contributed by atoms with Crippen molar-refractivity contribution in [1.82, 2.24) is 15.1 Å². The standard InChI is InChI=1S/C15H20FN3O3/c1-3-17-15(21)19-8-6-18(7-9-19)14(20)11-4-5-13(22-2)12(16)10-11/h4-5,10H,3,6-9H2,1-2H3,(H,17,21). The van der Waals surface area contributed by atoms with Gasteiger partial charge in [-0.3, -0.25) is 4.79 Å². The second kappa shape index (κ2) is 7.11. The molecule has 0 aliphatic carbocycles. The van der Waals surface area contributed by atoms with Crippen LogP contribution < -0.4 is 10.1 Å². The van der Waals surface area contributed by atoms with Crippen molar-refractivity contribution in [2.24, 2.45) is 0 Å². The monoisotopic (exact) mass is 309 g/mol. The maximum Gasteiger partial charge on any atom is 0.317 e. The molecule has 0 radical (unpaired) electrons. The molecular formula is C15H20FN3O3. The summed E-state index contributed by atoms with van der Waals surface area (Å²) in [6.07, 6.45) is 0. The average Bonchev–Trinajstić information content (AvgIpc) is 2.54. The van der Waals surface area contributed by atoms with Crippen LogP contribution >= 0.6 is 0 Å². The van der Waals surface area contributed by atoms with Crippen molar-refractivity contribution in [2.75, 3.05) is 39.8 Å². The molecule has 22 heavy (non-hydrogen) atoms. The van der Waals surface area contributed by atoms with E-state index in [0.29, 0.717) is 32.7 Å². The van der Waals surface area contributed by atoms with Gasteiger partial charge in [0.2, 0.25) is 0 Å². The number of ether oxygens (including phenoxy) is 1. The van der Waals surface area contributed by atoms with Gasteiger partial charge in [-0.15, -0.1) is 0 Å². The molecule has 0 aromatic heterocycles. The second-order valence-electron chi connectivity index (χ2n) is 4.96. The number of urea groups is 1. The Balaban J connectivity index is 1.98. The molecule has 1 aromatic carbocycles. The number of nitrogens with one attached hydrogen (secondary N) is 1. The number of benzene rings is 1. The Kier molecular flexibility index (Phi) is 5.19. The van der Waals surface area contributed by atoms with Crippen LogP contribution in [0, 0.1) is 5.82 Å². The molecule has 1 N–H and O–H groups in total. The molecule has 120 valence electrons. The Morgan fingerprint density at radius 2 is 1.86 bits per heavy atom. The van der Waals surface area contributed by atoms with Crippen molar-refractivity contribution < 1.29 is 18.7 Å². The fourth-order valence-electron chi connectivity index (χ4n) is 2.36. The Morgan fingerprint density at radius 3 is 2.41 bits per heavy atom. The number of piperazine rings is 1. The summed E-state index contributed by atoms with van der Waals surface area (Å²) in [7, 11) is 1.38. The van der Waals surface area contributed by atoms with Crippen LogP contribution in [0.4, 0.5) is 9.18 Å². The summed E-state index contributed by atoms with van der Waals surface area (Å²) < 4.78 is 18.5. The highest BCUT2D eigenvalue weighted by molar-refractivity contribution is 5.94. The molecule has 2 rings (SSSR count). The van der Waals surface area contributed by atoms with Crippen molar-refractivity contribution in [3.8, 4) is 5.75 Å². The Hall–Kier alpha value is -2.31. The lowest BCUT2D eigenvalue weighted by atomic mass is 10.1. The number of carbonyl (C=O) groups excluding carboxylic acids is 2. The summed E-state index contributed by atoms with van der Waals surface area (Å²) in [5.41, 5.74) is 0.282. The van der Waals surface area contributed by atoms with Gasteiger partial charge in [-0.2, -0.15) is 0 Å². The summed E-state index contributed by atoms with van der Waals surface area (Å²) in [6.45, 7) is 4.23. The Morgan fingerprint density at radius 1 is 1.23 bits per heavy atom. The number of halogens is 1. The first kappa shape index (κ1) is 16.1. The van der Waals surface area contributed by atoms with E-state index in [2.05, 4.69) is 5.32 Å². The molecule has 1 aliphatic rings. The largest absolute Gasteiger partial charge is 0.494 e. The van der Waals surface area contributed by atoms with Gasteiger partial charge in [-0.05, 0) is 25.1 Å². The third-order valence-corrected chi connectivity index (χ3v) is 3.58. The molecule has 0 saturated carbocycles. The first-order valence-electron chi connectivity index (χ1n) is 7.22. The van der Waals surface area contributed by atoms with E-state index in [1.54, 1.807) is 15.9 Å². The molecule has 7 heteroatoms. The lowest BCUT2D eigenvalue weighted by Gasteiger charge is -2.34. The maximum atomic E-state index is 13.7. The van der Waals surface area contributed by atoms with Crippen LogP contribution in [-0.4, -0.2) is 61.6 Å². The topological polar surface area (TPSA) is 61.9 Å². The molecule has 0 bridgehead atoms. The molecule has 6 nitrogen and oxygen atoms in total. The molecule has 1 saturated heterocycles. The smallest absolute Gasteiger partial charge is 0.317 e. The van der Waals surface area contributed by atoms with Crippen molar-refractivity contribution >= 4 is 11.9 Å². The van der Waals surface area contributed by atoms with Gasteiger partial charge in [0.1, 0.15) is 0 Å². The van der Waals surface area contributed by atoms with Gasteiger partial charge in [0.15, 0.2) is 11.6 Å². The van der Waals surface area contributed by atoms with Crippen molar-refractivity contribution in [1.29, 1.82) is 0 Å². The lowest BCUT2D eigenvalue weighted by Crippen LogP contribution is -2.53. The molecule has 1 aliphatic heterocycles. The van der Waals surface area contributed by atoms with Crippen LogP contribution in [-0.2, 0) is 0 Å². The van der Waals surface area contributed by atoms with Crippen LogP contribution in [0.25, 0.3) is 0 Å². The number of amides is 3. The number of hydrogen-bond donors (Lipinski definition) is 1. The summed E-state index contributed by atoms with van der Waals surface area (Å²) in [5, 5.41) is 2.73. The van der Waals surface area contributed by atoms with Crippen LogP contribution in [0.15, 0.2) is 18.2 Å². The number of methoxy groups -OCH3 is 1. The van der Waals surface area contributed by atoms with Crippen LogP contribution in [0.5, 0.6) is 5.75 Å². The zero-order chi connectivity index (χ0) is 16.1. The van der Waals surface area contributed by atoms with E-state index in [9.17, 15) is 14.0 Å². The third-order valence-electron chi connectivity index (χ3n) is 3.58. The maximum absolute atomic E-state index is 13.7. The van der Waals surface area contributed by atoms with Gasteiger partial charge in [-0.25, -0.2) is 9.18 Å². The predicted molar refractivity (Wildman–Crippen MR) is 79.5 cm³/mol. The molecule has 1 heterocycles. The van der Waals surface area contributed by atoms with Gasteiger partial charge in [-0.1, -0.05) is 0 Å². The van der Waals surface area contributed by atoms with E-state index in [1.165, 1.54) is 19.2 Å². The Labute approximate surface area is 128 Å². The van der Waals surface area contributed by atoms with E-state index < -0.39 is 5.82 Å². The van der Waals surface area contributed by atoms with Crippen molar-refractivity contribution in [3.63, 3.8) is 0 Å². The minimum Gasteiger partial charge on any atom is -0.494 e. The van der Waals surface area contributed by atoms with Gasteiger partial charge >= 0.3 is 6.03 Å². The van der Waals surface area contributed by atoms with Gasteiger partial charge in [0.25, 0.3) is 5.91 Å². The molecule has 0 spiro atoms. The number of hydrogen-bond acceptors (Lipinski definition) is 3. The number of rotatable bonds is 3. The summed E-state index contributed by atoms with van der Waals surface area (Å²) >= 11 is 0. The quantitative estimate of drug-likeness (QED) is 0.916. The van der Waals surface area contributed by atoms with E-state index in [0.717, 1.165) is 0 Å².